The van der Waals surface area contributed by atoms with Crippen LogP contribution < -0.4 is 0 Å². The van der Waals surface area contributed by atoms with E-state index in [1.54, 1.807) is 0 Å². The minimum Gasteiger partial charge on any atom is -0.339 e. The number of aryl methyl sites for hydroxylation is 1. The lowest BCUT2D eigenvalue weighted by Crippen LogP contribution is -2.35. The van der Waals surface area contributed by atoms with Crippen molar-refractivity contribution in [2.24, 2.45) is 0 Å². The Morgan fingerprint density at radius 3 is 2.60 bits per heavy atom. The predicted octanol–water partition coefficient (Wildman–Crippen LogP) is 5.22. The Hall–Kier alpha value is -2.26. The smallest absolute Gasteiger partial charge is 0.253 e. The van der Waals surface area contributed by atoms with E-state index in [0.29, 0.717) is 5.02 Å². The van der Waals surface area contributed by atoms with Gasteiger partial charge in [-0.25, -0.2) is 0 Å². The number of amides is 1. The molecule has 1 aromatic heterocycles. The zero-order valence-electron chi connectivity index (χ0n) is 14.3. The van der Waals surface area contributed by atoms with Crippen LogP contribution in [-0.4, -0.2) is 28.5 Å². The fraction of sp³-hybridized carbons (Fsp3) is 0.286. The third kappa shape index (κ3) is 3.05. The number of benzene rings is 2. The van der Waals surface area contributed by atoms with E-state index in [4.69, 9.17) is 11.6 Å². The molecule has 128 valence electrons. The molecule has 0 aliphatic carbocycles. The Kier molecular flexibility index (Phi) is 4.26. The lowest BCUT2D eigenvalue weighted by atomic mass is 10.1. The largest absolute Gasteiger partial charge is 0.339 e. The summed E-state index contributed by atoms with van der Waals surface area (Å²) in [7, 11) is 0. The second-order valence-corrected chi connectivity index (χ2v) is 7.18. The normalized spacial score (nSPS) is 14.9. The van der Waals surface area contributed by atoms with Crippen molar-refractivity contribution in [1.29, 1.82) is 0 Å². The summed E-state index contributed by atoms with van der Waals surface area (Å²) in [5, 5.41) is 1.83. The Morgan fingerprint density at radius 2 is 1.84 bits per heavy atom. The summed E-state index contributed by atoms with van der Waals surface area (Å²) in [5.74, 6) is 0.150. The van der Waals surface area contributed by atoms with Crippen molar-refractivity contribution in [2.45, 2.75) is 26.2 Å². The predicted molar refractivity (Wildman–Crippen MR) is 103 cm³/mol. The average Bonchev–Trinajstić information content (AvgIpc) is 2.98. The lowest BCUT2D eigenvalue weighted by molar-refractivity contribution is 0.0724. The van der Waals surface area contributed by atoms with Gasteiger partial charge in [-0.05, 0) is 68.1 Å². The average molecular weight is 353 g/mol. The van der Waals surface area contributed by atoms with Crippen LogP contribution in [0.3, 0.4) is 0 Å². The summed E-state index contributed by atoms with van der Waals surface area (Å²) in [6, 6.07) is 13.8. The van der Waals surface area contributed by atoms with Gasteiger partial charge in [0.25, 0.3) is 5.91 Å². The van der Waals surface area contributed by atoms with Crippen LogP contribution in [0.5, 0.6) is 0 Å². The number of halogens is 1. The van der Waals surface area contributed by atoms with Crippen molar-refractivity contribution in [3.05, 3.63) is 64.8 Å². The fourth-order valence-corrected chi connectivity index (χ4v) is 3.83. The van der Waals surface area contributed by atoms with Crippen molar-refractivity contribution in [1.82, 2.24) is 9.47 Å². The molecule has 3 nitrogen and oxygen atoms in total. The first kappa shape index (κ1) is 16.2. The van der Waals surface area contributed by atoms with Gasteiger partial charge in [0.15, 0.2) is 0 Å². The summed E-state index contributed by atoms with van der Waals surface area (Å²) in [6.07, 6.45) is 5.55. The molecule has 2 heterocycles. The molecule has 0 unspecified atom stereocenters. The van der Waals surface area contributed by atoms with Crippen LogP contribution in [-0.2, 0) is 0 Å². The van der Waals surface area contributed by atoms with E-state index in [1.807, 2.05) is 47.4 Å². The number of hydrogen-bond donors (Lipinski definition) is 0. The van der Waals surface area contributed by atoms with Crippen LogP contribution in [0.25, 0.3) is 16.6 Å². The van der Waals surface area contributed by atoms with Crippen LogP contribution in [0.2, 0.25) is 5.02 Å². The van der Waals surface area contributed by atoms with E-state index in [1.165, 1.54) is 6.42 Å². The molecular weight excluding hydrogens is 332 g/mol. The van der Waals surface area contributed by atoms with Gasteiger partial charge < -0.3 is 9.47 Å². The number of carbonyl (C=O) groups is 1. The fourth-order valence-electron chi connectivity index (χ4n) is 3.65. The molecule has 0 bridgehead atoms. The SMILES string of the molecule is Cc1cn(-c2cccc(Cl)c2)c2ccc(C(=O)N3CCCCC3)cc12. The maximum Gasteiger partial charge on any atom is 0.253 e. The first-order chi connectivity index (χ1) is 12.1. The number of nitrogens with zero attached hydrogens (tertiary/aromatic N) is 2. The number of piperidine rings is 1. The molecule has 25 heavy (non-hydrogen) atoms. The van der Waals surface area contributed by atoms with Crippen LogP contribution in [0, 0.1) is 6.92 Å². The first-order valence-electron chi connectivity index (χ1n) is 8.80. The van der Waals surface area contributed by atoms with Gasteiger partial charge in [-0.1, -0.05) is 17.7 Å². The van der Waals surface area contributed by atoms with Crippen molar-refractivity contribution in [3.63, 3.8) is 0 Å². The number of hydrogen-bond acceptors (Lipinski definition) is 1. The monoisotopic (exact) mass is 352 g/mol. The molecule has 1 aliphatic heterocycles. The topological polar surface area (TPSA) is 25.2 Å². The molecule has 4 heteroatoms. The third-order valence-corrected chi connectivity index (χ3v) is 5.22. The van der Waals surface area contributed by atoms with E-state index >= 15 is 0 Å². The lowest BCUT2D eigenvalue weighted by Gasteiger charge is -2.26. The molecule has 2 aromatic carbocycles. The number of aromatic nitrogens is 1. The van der Waals surface area contributed by atoms with Crippen molar-refractivity contribution in [3.8, 4) is 5.69 Å². The van der Waals surface area contributed by atoms with Crippen molar-refractivity contribution >= 4 is 28.4 Å². The van der Waals surface area contributed by atoms with E-state index in [9.17, 15) is 4.79 Å². The van der Waals surface area contributed by atoms with Gasteiger partial charge in [-0.3, -0.25) is 4.79 Å². The standard InChI is InChI=1S/C21H21ClN2O/c1-15-14-24(18-7-5-6-17(22)13-18)20-9-8-16(12-19(15)20)21(25)23-10-3-2-4-11-23/h5-9,12-14H,2-4,10-11H2,1H3. The van der Waals surface area contributed by atoms with Gasteiger partial charge in [-0.2, -0.15) is 0 Å². The summed E-state index contributed by atoms with van der Waals surface area (Å²) in [5.41, 5.74) is 4.06. The summed E-state index contributed by atoms with van der Waals surface area (Å²) < 4.78 is 2.13. The van der Waals surface area contributed by atoms with Gasteiger partial charge in [0.1, 0.15) is 0 Å². The second kappa shape index (κ2) is 6.57. The van der Waals surface area contributed by atoms with Gasteiger partial charge in [0, 0.05) is 40.9 Å². The molecular formula is C21H21ClN2O. The molecule has 0 radical (unpaired) electrons. The van der Waals surface area contributed by atoms with E-state index in [2.05, 4.69) is 17.7 Å². The van der Waals surface area contributed by atoms with Gasteiger partial charge >= 0.3 is 0 Å². The molecule has 3 aromatic rings. The number of carbonyl (C=O) groups excluding carboxylic acids is 1. The molecule has 0 spiro atoms. The zero-order valence-corrected chi connectivity index (χ0v) is 15.1. The minimum absolute atomic E-state index is 0.150. The number of fused-ring (bicyclic) bond motifs is 1. The first-order valence-corrected chi connectivity index (χ1v) is 9.18. The van der Waals surface area contributed by atoms with E-state index in [0.717, 1.165) is 53.6 Å². The third-order valence-electron chi connectivity index (χ3n) is 4.98. The van der Waals surface area contributed by atoms with Gasteiger partial charge in [0.05, 0.1) is 5.52 Å². The highest BCUT2D eigenvalue weighted by molar-refractivity contribution is 6.30. The maximum atomic E-state index is 12.8. The molecule has 0 N–H and O–H groups in total. The Bertz CT molecular complexity index is 938. The number of rotatable bonds is 2. The molecule has 1 fully saturated rings. The van der Waals surface area contributed by atoms with Crippen LogP contribution >= 0.6 is 11.6 Å². The summed E-state index contributed by atoms with van der Waals surface area (Å²) >= 11 is 6.14. The number of likely N-dealkylation sites (tertiary alicyclic amines) is 1. The van der Waals surface area contributed by atoms with Gasteiger partial charge in [0.2, 0.25) is 0 Å². The van der Waals surface area contributed by atoms with Crippen LogP contribution in [0.15, 0.2) is 48.7 Å². The van der Waals surface area contributed by atoms with E-state index in [-0.39, 0.29) is 5.91 Å². The maximum absolute atomic E-state index is 12.8. The molecule has 0 atom stereocenters. The molecule has 1 amide bonds. The van der Waals surface area contributed by atoms with Crippen molar-refractivity contribution in [2.75, 3.05) is 13.1 Å². The summed E-state index contributed by atoms with van der Waals surface area (Å²) in [6.45, 7) is 3.83. The van der Waals surface area contributed by atoms with Crippen molar-refractivity contribution < 1.29 is 4.79 Å². The van der Waals surface area contributed by atoms with Crippen LogP contribution in [0.1, 0.15) is 35.2 Å². The highest BCUT2D eigenvalue weighted by atomic mass is 35.5. The Morgan fingerprint density at radius 1 is 1.04 bits per heavy atom. The zero-order chi connectivity index (χ0) is 17.4. The van der Waals surface area contributed by atoms with E-state index < -0.39 is 0 Å². The van der Waals surface area contributed by atoms with Gasteiger partial charge in [-0.15, -0.1) is 0 Å². The highest BCUT2D eigenvalue weighted by Gasteiger charge is 2.19. The minimum atomic E-state index is 0.150. The Labute approximate surface area is 152 Å². The summed E-state index contributed by atoms with van der Waals surface area (Å²) in [4.78, 5) is 14.8. The Balaban J connectivity index is 1.74. The second-order valence-electron chi connectivity index (χ2n) is 6.75. The molecule has 1 saturated heterocycles. The quantitative estimate of drug-likeness (QED) is 0.620. The van der Waals surface area contributed by atoms with Crippen LogP contribution in [0.4, 0.5) is 0 Å². The molecule has 0 saturated carbocycles. The highest BCUT2D eigenvalue weighted by Crippen LogP contribution is 2.27. The molecule has 1 aliphatic rings. The molecule has 4 rings (SSSR count).